The van der Waals surface area contributed by atoms with Crippen molar-refractivity contribution < 1.29 is 13.6 Å². The molecular weight excluding hydrogens is 218 g/mol. The molecule has 1 atom stereocenters. The zero-order chi connectivity index (χ0) is 10.8. The molecule has 15 heavy (non-hydrogen) atoms. The number of benzene rings is 1. The molecule has 1 aliphatic carbocycles. The van der Waals surface area contributed by atoms with Gasteiger partial charge in [-0.05, 0) is 31.0 Å². The third-order valence-corrected chi connectivity index (χ3v) is 3.73. The lowest BCUT2D eigenvalue weighted by atomic mass is 10.3. The maximum absolute atomic E-state index is 12.9. The largest absolute Gasteiger partial charge is 0.298 e. The van der Waals surface area contributed by atoms with Gasteiger partial charge in [0, 0.05) is 11.3 Å². The van der Waals surface area contributed by atoms with Gasteiger partial charge in [-0.15, -0.1) is 11.8 Å². The maximum Gasteiger partial charge on any atom is 0.159 e. The van der Waals surface area contributed by atoms with Crippen LogP contribution in [-0.2, 0) is 4.79 Å². The highest BCUT2D eigenvalue weighted by Gasteiger charge is 2.25. The van der Waals surface area contributed by atoms with Crippen LogP contribution >= 0.6 is 11.8 Å². The van der Waals surface area contributed by atoms with E-state index in [1.165, 1.54) is 17.8 Å². The molecule has 1 aromatic rings. The van der Waals surface area contributed by atoms with Gasteiger partial charge in [0.25, 0.3) is 0 Å². The smallest absolute Gasteiger partial charge is 0.159 e. The van der Waals surface area contributed by atoms with Gasteiger partial charge in [-0.1, -0.05) is 0 Å². The van der Waals surface area contributed by atoms with E-state index in [9.17, 15) is 13.6 Å². The normalized spacial score (nSPS) is 20.9. The van der Waals surface area contributed by atoms with Crippen LogP contribution in [0.1, 0.15) is 19.3 Å². The summed E-state index contributed by atoms with van der Waals surface area (Å²) in [6.07, 6.45) is 2.35. The molecule has 0 bridgehead atoms. The van der Waals surface area contributed by atoms with Crippen LogP contribution in [0.2, 0.25) is 0 Å². The van der Waals surface area contributed by atoms with Crippen molar-refractivity contribution in [3.8, 4) is 0 Å². The van der Waals surface area contributed by atoms with Crippen LogP contribution in [0, 0.1) is 11.6 Å². The molecule has 1 aliphatic rings. The fraction of sp³-hybridized carbons (Fsp3) is 0.364. The molecule has 1 fully saturated rings. The number of carbonyl (C=O) groups is 1. The molecule has 80 valence electrons. The van der Waals surface area contributed by atoms with Crippen molar-refractivity contribution in [3.63, 3.8) is 0 Å². The summed E-state index contributed by atoms with van der Waals surface area (Å²) in [5.41, 5.74) is 0. The topological polar surface area (TPSA) is 17.1 Å². The van der Waals surface area contributed by atoms with Crippen molar-refractivity contribution in [2.24, 2.45) is 0 Å². The number of hydrogen-bond acceptors (Lipinski definition) is 2. The second-order valence-corrected chi connectivity index (χ2v) is 4.82. The second-order valence-electron chi connectivity index (χ2n) is 3.54. The molecule has 0 heterocycles. The van der Waals surface area contributed by atoms with Gasteiger partial charge in [-0.3, -0.25) is 4.79 Å². The maximum atomic E-state index is 12.9. The standard InChI is InChI=1S/C11H10F2OS/c12-8-5-4-7(6-9(8)13)15-11-3-1-2-10(11)14/h4-6,11H,1-3H2. The molecule has 0 spiro atoms. The Morgan fingerprint density at radius 3 is 2.67 bits per heavy atom. The lowest BCUT2D eigenvalue weighted by Crippen LogP contribution is -2.07. The Hall–Kier alpha value is -0.900. The van der Waals surface area contributed by atoms with Gasteiger partial charge < -0.3 is 0 Å². The van der Waals surface area contributed by atoms with E-state index < -0.39 is 11.6 Å². The minimum Gasteiger partial charge on any atom is -0.298 e. The van der Waals surface area contributed by atoms with Crippen molar-refractivity contribution in [1.29, 1.82) is 0 Å². The van der Waals surface area contributed by atoms with Gasteiger partial charge in [-0.25, -0.2) is 8.78 Å². The highest BCUT2D eigenvalue weighted by Crippen LogP contribution is 2.32. The summed E-state index contributed by atoms with van der Waals surface area (Å²) >= 11 is 1.33. The van der Waals surface area contributed by atoms with Gasteiger partial charge in [0.05, 0.1) is 5.25 Å². The average Bonchev–Trinajstić information content (AvgIpc) is 2.59. The molecule has 2 rings (SSSR count). The highest BCUT2D eigenvalue weighted by molar-refractivity contribution is 8.00. The summed E-state index contributed by atoms with van der Waals surface area (Å²) < 4.78 is 25.5. The third kappa shape index (κ3) is 2.37. The van der Waals surface area contributed by atoms with E-state index in [0.29, 0.717) is 11.3 Å². The van der Waals surface area contributed by atoms with Crippen LogP contribution in [0.15, 0.2) is 23.1 Å². The van der Waals surface area contributed by atoms with Crippen LogP contribution in [-0.4, -0.2) is 11.0 Å². The monoisotopic (exact) mass is 228 g/mol. The zero-order valence-electron chi connectivity index (χ0n) is 8.00. The summed E-state index contributed by atoms with van der Waals surface area (Å²) in [4.78, 5) is 12.0. The number of thioether (sulfide) groups is 1. The number of hydrogen-bond donors (Lipinski definition) is 0. The number of halogens is 2. The van der Waals surface area contributed by atoms with Crippen molar-refractivity contribution in [1.82, 2.24) is 0 Å². The number of Topliss-reactive ketones (excluding diaryl/α,β-unsaturated/α-hetero) is 1. The molecule has 1 nitrogen and oxygen atoms in total. The molecule has 1 unspecified atom stereocenters. The van der Waals surface area contributed by atoms with E-state index in [0.717, 1.165) is 25.0 Å². The summed E-state index contributed by atoms with van der Waals surface area (Å²) in [5.74, 6) is -1.49. The number of rotatable bonds is 2. The Bertz CT molecular complexity index is 392. The van der Waals surface area contributed by atoms with Gasteiger partial charge in [-0.2, -0.15) is 0 Å². The first-order valence-corrected chi connectivity index (χ1v) is 5.69. The van der Waals surface area contributed by atoms with Gasteiger partial charge in [0.15, 0.2) is 11.6 Å². The Morgan fingerprint density at radius 1 is 1.27 bits per heavy atom. The predicted molar refractivity (Wildman–Crippen MR) is 54.9 cm³/mol. The third-order valence-electron chi connectivity index (χ3n) is 2.42. The van der Waals surface area contributed by atoms with Crippen molar-refractivity contribution in [3.05, 3.63) is 29.8 Å². The molecule has 1 aromatic carbocycles. The number of carbonyl (C=O) groups excluding carboxylic acids is 1. The summed E-state index contributed by atoms with van der Waals surface area (Å²) in [6, 6.07) is 3.75. The first-order valence-electron chi connectivity index (χ1n) is 4.81. The quantitative estimate of drug-likeness (QED) is 0.773. The Labute approximate surface area is 90.9 Å². The molecule has 0 N–H and O–H groups in total. The first-order chi connectivity index (χ1) is 7.16. The van der Waals surface area contributed by atoms with E-state index in [2.05, 4.69) is 0 Å². The lowest BCUT2D eigenvalue weighted by Gasteiger charge is -2.07. The predicted octanol–water partition coefficient (Wildman–Crippen LogP) is 3.18. The lowest BCUT2D eigenvalue weighted by molar-refractivity contribution is -0.116. The summed E-state index contributed by atoms with van der Waals surface area (Å²) in [5, 5.41) is -0.0742. The molecule has 4 heteroatoms. The van der Waals surface area contributed by atoms with Crippen LogP contribution in [0.3, 0.4) is 0 Å². The fourth-order valence-corrected chi connectivity index (χ4v) is 2.80. The molecule has 0 radical (unpaired) electrons. The van der Waals surface area contributed by atoms with Crippen LogP contribution < -0.4 is 0 Å². The summed E-state index contributed by atoms with van der Waals surface area (Å²) in [6.45, 7) is 0. The summed E-state index contributed by atoms with van der Waals surface area (Å²) in [7, 11) is 0. The molecule has 0 saturated heterocycles. The number of ketones is 1. The van der Waals surface area contributed by atoms with Gasteiger partial charge in [0.1, 0.15) is 5.78 Å². The van der Waals surface area contributed by atoms with Gasteiger partial charge >= 0.3 is 0 Å². The molecule has 0 aromatic heterocycles. The van der Waals surface area contributed by atoms with Crippen LogP contribution in [0.5, 0.6) is 0 Å². The minimum absolute atomic E-state index is 0.0742. The van der Waals surface area contributed by atoms with E-state index in [4.69, 9.17) is 0 Å². The van der Waals surface area contributed by atoms with Crippen LogP contribution in [0.25, 0.3) is 0 Å². The van der Waals surface area contributed by atoms with E-state index >= 15 is 0 Å². The molecule has 1 saturated carbocycles. The Balaban J connectivity index is 2.10. The SMILES string of the molecule is O=C1CCCC1Sc1ccc(F)c(F)c1. The van der Waals surface area contributed by atoms with E-state index in [1.54, 1.807) is 0 Å². The minimum atomic E-state index is -0.856. The van der Waals surface area contributed by atoms with Crippen LogP contribution in [0.4, 0.5) is 8.78 Å². The van der Waals surface area contributed by atoms with E-state index in [-0.39, 0.29) is 11.0 Å². The zero-order valence-corrected chi connectivity index (χ0v) is 8.82. The first kappa shape index (κ1) is 10.6. The molecule has 0 amide bonds. The van der Waals surface area contributed by atoms with Crippen molar-refractivity contribution in [2.45, 2.75) is 29.4 Å². The molecular formula is C11H10F2OS. The fourth-order valence-electron chi connectivity index (χ4n) is 1.62. The average molecular weight is 228 g/mol. The second kappa shape index (κ2) is 4.31. The Kier molecular flexibility index (Phi) is 3.05. The van der Waals surface area contributed by atoms with Crippen molar-refractivity contribution in [2.75, 3.05) is 0 Å². The van der Waals surface area contributed by atoms with Crippen molar-refractivity contribution >= 4 is 17.5 Å². The van der Waals surface area contributed by atoms with Gasteiger partial charge in [0.2, 0.25) is 0 Å². The highest BCUT2D eigenvalue weighted by atomic mass is 32.2. The van der Waals surface area contributed by atoms with E-state index in [1.807, 2.05) is 0 Å². The molecule has 0 aliphatic heterocycles. The Morgan fingerprint density at radius 2 is 2.07 bits per heavy atom.